The van der Waals surface area contributed by atoms with Gasteiger partial charge in [-0.1, -0.05) is 31.3 Å². The number of hydrogen-bond donors (Lipinski definition) is 1. The average Bonchev–Trinajstić information content (AvgIpc) is 3.20. The summed E-state index contributed by atoms with van der Waals surface area (Å²) in [5.41, 5.74) is 0.445. The molecule has 0 saturated heterocycles. The second-order valence-electron chi connectivity index (χ2n) is 5.88. The van der Waals surface area contributed by atoms with Gasteiger partial charge in [-0.2, -0.15) is 0 Å². The Morgan fingerprint density at radius 3 is 2.65 bits per heavy atom. The molecule has 0 fully saturated rings. The fourth-order valence-electron chi connectivity index (χ4n) is 2.68. The smallest absolute Gasteiger partial charge is 0.278 e. The van der Waals surface area contributed by atoms with E-state index in [1.807, 2.05) is 0 Å². The van der Waals surface area contributed by atoms with E-state index in [4.69, 9.17) is 0 Å². The Kier molecular flexibility index (Phi) is 5.05. The van der Waals surface area contributed by atoms with E-state index in [1.54, 1.807) is 24.4 Å². The maximum atomic E-state index is 12.6. The van der Waals surface area contributed by atoms with Crippen LogP contribution in [0, 0.1) is 0 Å². The van der Waals surface area contributed by atoms with E-state index in [9.17, 15) is 13.2 Å². The topological polar surface area (TPSA) is 106 Å². The second kappa shape index (κ2) is 7.12. The molecule has 8 nitrogen and oxygen atoms in total. The third kappa shape index (κ3) is 3.47. The molecular formula is C16H19N5O3S2. The highest BCUT2D eigenvalue weighted by atomic mass is 32.2. The van der Waals surface area contributed by atoms with Crippen molar-refractivity contribution in [3.8, 4) is 0 Å². The molecule has 0 aliphatic heterocycles. The Labute approximate surface area is 155 Å². The van der Waals surface area contributed by atoms with Gasteiger partial charge < -0.3 is 0 Å². The maximum absolute atomic E-state index is 12.6. The van der Waals surface area contributed by atoms with E-state index in [-0.39, 0.29) is 10.9 Å². The molecule has 3 rings (SSSR count). The molecule has 3 aromatic heterocycles. The molecule has 0 unspecified atom stereocenters. The van der Waals surface area contributed by atoms with E-state index in [2.05, 4.69) is 34.3 Å². The highest BCUT2D eigenvalue weighted by Gasteiger charge is 2.23. The normalized spacial score (nSPS) is 12.0. The monoisotopic (exact) mass is 393 g/mol. The fourth-order valence-corrected chi connectivity index (χ4v) is 4.46. The van der Waals surface area contributed by atoms with E-state index in [0.717, 1.165) is 24.1 Å². The summed E-state index contributed by atoms with van der Waals surface area (Å²) in [5.74, 6) is -0.209. The van der Waals surface area contributed by atoms with Crippen LogP contribution in [0.1, 0.15) is 48.1 Å². The maximum Gasteiger partial charge on any atom is 0.278 e. The standard InChI is InChI=1S/C16H19N5O3S2/c1-4-10(5-2)14-19-20-15(25-14)18-13(22)12-11-8-6-7-9-21(11)16(17-12)26(3,23)24/h6-10H,4-5H2,1-3H3,(H,18,20,22). The Morgan fingerprint density at radius 2 is 2.00 bits per heavy atom. The van der Waals surface area contributed by atoms with Gasteiger partial charge in [-0.25, -0.2) is 13.4 Å². The zero-order valence-electron chi connectivity index (χ0n) is 14.6. The summed E-state index contributed by atoms with van der Waals surface area (Å²) in [6.45, 7) is 4.16. The SMILES string of the molecule is CCC(CC)c1nnc(NC(=O)c2nc(S(C)(=O)=O)n3ccccc23)s1. The van der Waals surface area contributed by atoms with E-state index in [0.29, 0.717) is 16.6 Å². The number of imidazole rings is 1. The van der Waals surface area contributed by atoms with Gasteiger partial charge in [-0.15, -0.1) is 10.2 Å². The highest BCUT2D eigenvalue weighted by molar-refractivity contribution is 7.90. The molecule has 0 spiro atoms. The number of amides is 1. The van der Waals surface area contributed by atoms with Crippen LogP contribution in [0.4, 0.5) is 5.13 Å². The zero-order chi connectivity index (χ0) is 18.9. The third-order valence-corrected chi connectivity index (χ3v) is 6.01. The fraction of sp³-hybridized carbons (Fsp3) is 0.375. The number of fused-ring (bicyclic) bond motifs is 1. The number of nitrogens with one attached hydrogen (secondary N) is 1. The van der Waals surface area contributed by atoms with Gasteiger partial charge in [-0.3, -0.25) is 14.5 Å². The minimum atomic E-state index is -3.58. The van der Waals surface area contributed by atoms with Crippen LogP contribution in [0.3, 0.4) is 0 Å². The lowest BCUT2D eigenvalue weighted by Gasteiger charge is -2.05. The molecule has 3 aromatic rings. The number of nitrogens with zero attached hydrogens (tertiary/aromatic N) is 4. The Morgan fingerprint density at radius 1 is 1.27 bits per heavy atom. The van der Waals surface area contributed by atoms with Gasteiger partial charge in [-0.05, 0) is 25.0 Å². The molecule has 26 heavy (non-hydrogen) atoms. The molecule has 0 aliphatic carbocycles. The van der Waals surface area contributed by atoms with Gasteiger partial charge in [0, 0.05) is 18.4 Å². The van der Waals surface area contributed by atoms with Crippen molar-refractivity contribution < 1.29 is 13.2 Å². The lowest BCUT2D eigenvalue weighted by Crippen LogP contribution is -2.13. The summed E-state index contributed by atoms with van der Waals surface area (Å²) in [6, 6.07) is 5.04. The van der Waals surface area contributed by atoms with Gasteiger partial charge >= 0.3 is 0 Å². The Balaban J connectivity index is 1.94. The number of carbonyl (C=O) groups is 1. The van der Waals surface area contributed by atoms with Gasteiger partial charge in [0.25, 0.3) is 5.91 Å². The first-order valence-electron chi connectivity index (χ1n) is 8.17. The predicted molar refractivity (Wildman–Crippen MR) is 99.5 cm³/mol. The molecule has 138 valence electrons. The minimum Gasteiger partial charge on any atom is -0.295 e. The predicted octanol–water partition coefficient (Wildman–Crippen LogP) is 2.75. The van der Waals surface area contributed by atoms with Gasteiger partial charge in [0.05, 0.1) is 5.52 Å². The van der Waals surface area contributed by atoms with E-state index < -0.39 is 15.7 Å². The van der Waals surface area contributed by atoms with Crippen molar-refractivity contribution in [2.75, 3.05) is 11.6 Å². The molecule has 0 radical (unpaired) electrons. The van der Waals surface area contributed by atoms with Crippen LogP contribution in [0.5, 0.6) is 0 Å². The van der Waals surface area contributed by atoms with Crippen LogP contribution >= 0.6 is 11.3 Å². The zero-order valence-corrected chi connectivity index (χ0v) is 16.3. The molecule has 0 atom stereocenters. The number of pyridine rings is 1. The lowest BCUT2D eigenvalue weighted by atomic mass is 10.1. The molecular weight excluding hydrogens is 374 g/mol. The van der Waals surface area contributed by atoms with Crippen molar-refractivity contribution in [1.82, 2.24) is 19.6 Å². The second-order valence-corrected chi connectivity index (χ2v) is 8.80. The van der Waals surface area contributed by atoms with Crippen molar-refractivity contribution >= 4 is 37.7 Å². The summed E-state index contributed by atoms with van der Waals surface area (Å²) in [7, 11) is -3.58. The molecule has 0 aromatic carbocycles. The van der Waals surface area contributed by atoms with Gasteiger partial charge in [0.2, 0.25) is 20.1 Å². The molecule has 0 bridgehead atoms. The molecule has 0 aliphatic rings. The summed E-state index contributed by atoms with van der Waals surface area (Å²) < 4.78 is 25.3. The summed E-state index contributed by atoms with van der Waals surface area (Å²) >= 11 is 1.32. The summed E-state index contributed by atoms with van der Waals surface area (Å²) in [5, 5.41) is 11.9. The van der Waals surface area contributed by atoms with Crippen molar-refractivity contribution in [1.29, 1.82) is 0 Å². The van der Waals surface area contributed by atoms with Crippen LogP contribution in [0.2, 0.25) is 0 Å². The lowest BCUT2D eigenvalue weighted by molar-refractivity contribution is 0.102. The number of aromatic nitrogens is 4. The highest BCUT2D eigenvalue weighted by Crippen LogP contribution is 2.28. The first-order chi connectivity index (χ1) is 12.3. The number of rotatable bonds is 6. The van der Waals surface area contributed by atoms with E-state index in [1.165, 1.54) is 15.7 Å². The Bertz CT molecular complexity index is 1050. The van der Waals surface area contributed by atoms with Crippen LogP contribution in [0.15, 0.2) is 29.6 Å². The van der Waals surface area contributed by atoms with Crippen molar-refractivity contribution in [3.63, 3.8) is 0 Å². The number of carbonyl (C=O) groups excluding carboxylic acids is 1. The van der Waals surface area contributed by atoms with E-state index >= 15 is 0 Å². The van der Waals surface area contributed by atoms with Crippen LogP contribution in [-0.4, -0.2) is 40.2 Å². The van der Waals surface area contributed by atoms with Crippen molar-refractivity contribution in [3.05, 3.63) is 35.1 Å². The largest absolute Gasteiger partial charge is 0.295 e. The first-order valence-corrected chi connectivity index (χ1v) is 10.9. The first kappa shape index (κ1) is 18.5. The molecule has 0 saturated carbocycles. The molecule has 1 amide bonds. The van der Waals surface area contributed by atoms with Crippen LogP contribution in [-0.2, 0) is 9.84 Å². The summed E-state index contributed by atoms with van der Waals surface area (Å²) in [4.78, 5) is 16.7. The van der Waals surface area contributed by atoms with Crippen molar-refractivity contribution in [2.24, 2.45) is 0 Å². The number of anilines is 1. The van der Waals surface area contributed by atoms with Gasteiger partial charge in [0.1, 0.15) is 5.01 Å². The van der Waals surface area contributed by atoms with Crippen molar-refractivity contribution in [2.45, 2.75) is 37.8 Å². The van der Waals surface area contributed by atoms with Crippen LogP contribution < -0.4 is 5.32 Å². The third-order valence-electron chi connectivity index (χ3n) is 4.06. The molecule has 3 heterocycles. The molecule has 10 heteroatoms. The summed E-state index contributed by atoms with van der Waals surface area (Å²) in [6.07, 6.45) is 4.51. The quantitative estimate of drug-likeness (QED) is 0.690. The van der Waals surface area contributed by atoms with Gasteiger partial charge in [0.15, 0.2) is 5.69 Å². The Hall–Kier alpha value is -2.33. The van der Waals surface area contributed by atoms with Crippen LogP contribution in [0.25, 0.3) is 5.52 Å². The number of sulfone groups is 1. The number of hydrogen-bond acceptors (Lipinski definition) is 7. The average molecular weight is 393 g/mol. The molecule has 1 N–H and O–H groups in total. The minimum absolute atomic E-state index is 0.0327.